The maximum Gasteiger partial charge on any atom is 0.197 e. The largest absolute Gasteiger partial charge is 0.288 e. The highest BCUT2D eigenvalue weighted by Gasteiger charge is 2.44. The number of halogens is 4. The van der Waals surface area contributed by atoms with Crippen molar-refractivity contribution < 1.29 is 36.7 Å². The van der Waals surface area contributed by atoms with Crippen LogP contribution in [0.15, 0.2) is 96.1 Å². The molecule has 0 aliphatic heterocycles. The predicted molar refractivity (Wildman–Crippen MR) is 228 cm³/mol. The first-order valence-corrected chi connectivity index (χ1v) is 21.2. The van der Waals surface area contributed by atoms with Gasteiger partial charge in [0.05, 0.1) is 11.1 Å². The average Bonchev–Trinajstić information content (AvgIpc) is 3.99. The molecule has 1 spiro atoms. The molecule has 8 aromatic rings. The molecule has 0 radical (unpaired) electrons. The van der Waals surface area contributed by atoms with Crippen LogP contribution in [0.25, 0.3) is 65.0 Å². The van der Waals surface area contributed by atoms with E-state index in [1.807, 2.05) is 12.1 Å². The van der Waals surface area contributed by atoms with E-state index in [4.69, 9.17) is 0 Å². The van der Waals surface area contributed by atoms with Crippen molar-refractivity contribution >= 4 is 99.7 Å². The van der Waals surface area contributed by atoms with Gasteiger partial charge in [0.2, 0.25) is 0 Å². The Balaban J connectivity index is 0.924. The van der Waals surface area contributed by atoms with Crippen LogP contribution in [0.2, 0.25) is 0 Å². The third-order valence-electron chi connectivity index (χ3n) is 12.9. The number of thiophene rings is 2. The highest BCUT2D eigenvalue weighted by atomic mass is 32.1. The van der Waals surface area contributed by atoms with Gasteiger partial charge in [0.15, 0.2) is 46.4 Å². The molecular formula is C50H26F4O4S2. The van der Waals surface area contributed by atoms with Crippen molar-refractivity contribution in [1.29, 1.82) is 0 Å². The molecule has 0 N–H and O–H groups in total. The van der Waals surface area contributed by atoms with Crippen molar-refractivity contribution in [3.8, 4) is 11.1 Å². The lowest BCUT2D eigenvalue weighted by molar-refractivity contribution is 0.0975. The summed E-state index contributed by atoms with van der Waals surface area (Å²) < 4.78 is 58.0. The van der Waals surface area contributed by atoms with Gasteiger partial charge in [0.1, 0.15) is 0 Å². The van der Waals surface area contributed by atoms with Gasteiger partial charge in [-0.05, 0) is 164 Å². The number of Topliss-reactive ketones (excluding diaryl/α,β-unsaturated/α-hetero) is 4. The molecule has 10 heteroatoms. The first-order valence-electron chi connectivity index (χ1n) is 19.6. The standard InChI is InChI=1S/C50H26F4O4S2/c51-40-14-22-8-32-33(9-23(22)15-41(40)52)47(56)36(46(32)55)18-28-6-26-12-38-30(20-44(26)59-28)31-21-45-27(13-39(31)50(38)4-2-1-3-5-50)7-29(60-45)19-37-48(57)34-10-24-16-42(53)43(54)17-25(24)11-35(34)49(37)58/h6-21H,1-5H2. The van der Waals surface area contributed by atoms with E-state index in [1.54, 1.807) is 12.2 Å². The zero-order chi connectivity index (χ0) is 40.9. The van der Waals surface area contributed by atoms with Crippen molar-refractivity contribution in [2.24, 2.45) is 0 Å². The molecule has 6 aromatic carbocycles. The molecule has 0 unspecified atom stereocenters. The lowest BCUT2D eigenvalue weighted by atomic mass is 9.67. The van der Waals surface area contributed by atoms with E-state index in [1.165, 1.54) is 58.1 Å². The number of benzene rings is 6. The minimum absolute atomic E-state index is 0.0180. The fourth-order valence-corrected chi connectivity index (χ4v) is 12.2. The molecule has 1 saturated carbocycles. The van der Waals surface area contributed by atoms with Crippen molar-refractivity contribution in [1.82, 2.24) is 0 Å². The molecule has 12 rings (SSSR count). The minimum atomic E-state index is -1.02. The number of ketones is 4. The lowest BCUT2D eigenvalue weighted by Gasteiger charge is -2.36. The third kappa shape index (κ3) is 4.95. The zero-order valence-corrected chi connectivity index (χ0v) is 32.9. The summed E-state index contributed by atoms with van der Waals surface area (Å²) in [5.41, 5.74) is 5.34. The fraction of sp³-hybridized carbons (Fsp3) is 0.120. The van der Waals surface area contributed by atoms with E-state index in [0.29, 0.717) is 21.5 Å². The summed E-state index contributed by atoms with van der Waals surface area (Å²) >= 11 is 2.97. The quantitative estimate of drug-likeness (QED) is 0.0988. The second-order valence-corrected chi connectivity index (χ2v) is 18.5. The highest BCUT2D eigenvalue weighted by Crippen LogP contribution is 2.58. The van der Waals surface area contributed by atoms with Gasteiger partial charge >= 0.3 is 0 Å². The van der Waals surface area contributed by atoms with Gasteiger partial charge in [0, 0.05) is 46.8 Å². The molecule has 1 fully saturated rings. The Labute approximate surface area is 346 Å². The number of carbonyl (C=O) groups is 4. The molecular weight excluding hydrogens is 805 g/mol. The molecule has 2 heterocycles. The number of hydrogen-bond donors (Lipinski definition) is 0. The smallest absolute Gasteiger partial charge is 0.197 e. The van der Waals surface area contributed by atoms with Crippen LogP contribution in [0.3, 0.4) is 0 Å². The van der Waals surface area contributed by atoms with Crippen molar-refractivity contribution in [2.45, 2.75) is 37.5 Å². The van der Waals surface area contributed by atoms with E-state index < -0.39 is 46.4 Å². The summed E-state index contributed by atoms with van der Waals surface area (Å²) in [5.74, 6) is -5.87. The van der Waals surface area contributed by atoms with Crippen LogP contribution in [0.4, 0.5) is 17.6 Å². The normalized spacial score (nSPS) is 16.5. The van der Waals surface area contributed by atoms with Gasteiger partial charge in [-0.3, -0.25) is 19.2 Å². The van der Waals surface area contributed by atoms with Gasteiger partial charge in [-0.15, -0.1) is 22.7 Å². The number of hydrogen-bond acceptors (Lipinski definition) is 6. The van der Waals surface area contributed by atoms with Gasteiger partial charge in [-0.1, -0.05) is 19.3 Å². The van der Waals surface area contributed by atoms with Crippen LogP contribution >= 0.6 is 22.7 Å². The summed E-state index contributed by atoms with van der Waals surface area (Å²) in [5, 5.41) is 3.40. The molecule has 4 aliphatic rings. The van der Waals surface area contributed by atoms with E-state index in [-0.39, 0.29) is 38.8 Å². The van der Waals surface area contributed by atoms with E-state index >= 15 is 0 Å². The lowest BCUT2D eigenvalue weighted by Crippen LogP contribution is -2.28. The Morgan fingerprint density at radius 1 is 0.400 bits per heavy atom. The van der Waals surface area contributed by atoms with Crippen LogP contribution in [0, 0.1) is 23.3 Å². The van der Waals surface area contributed by atoms with Crippen molar-refractivity contribution in [2.75, 3.05) is 0 Å². The predicted octanol–water partition coefficient (Wildman–Crippen LogP) is 13.1. The summed E-state index contributed by atoms with van der Waals surface area (Å²) in [4.78, 5) is 55.8. The third-order valence-corrected chi connectivity index (χ3v) is 15.0. The molecule has 4 nitrogen and oxygen atoms in total. The van der Waals surface area contributed by atoms with Gasteiger partial charge < -0.3 is 0 Å². The molecule has 60 heavy (non-hydrogen) atoms. The van der Waals surface area contributed by atoms with Crippen LogP contribution in [0.5, 0.6) is 0 Å². The van der Waals surface area contributed by atoms with Gasteiger partial charge in [-0.25, -0.2) is 17.6 Å². The highest BCUT2D eigenvalue weighted by molar-refractivity contribution is 7.20. The molecule has 0 saturated heterocycles. The minimum Gasteiger partial charge on any atom is -0.288 e. The Bertz CT molecular complexity index is 3140. The Morgan fingerprint density at radius 2 is 0.750 bits per heavy atom. The van der Waals surface area contributed by atoms with Crippen LogP contribution in [0.1, 0.15) is 94.4 Å². The monoisotopic (exact) mass is 830 g/mol. The molecule has 0 atom stereocenters. The topological polar surface area (TPSA) is 68.3 Å². The summed E-state index contributed by atoms with van der Waals surface area (Å²) in [7, 11) is 0. The number of allylic oxidation sites excluding steroid dienone is 2. The van der Waals surface area contributed by atoms with E-state index in [0.717, 1.165) is 97.4 Å². The Kier molecular flexibility index (Phi) is 7.32. The molecule has 2 aromatic heterocycles. The first-order chi connectivity index (χ1) is 28.9. The Hall–Kier alpha value is -6.36. The van der Waals surface area contributed by atoms with Gasteiger partial charge in [-0.2, -0.15) is 0 Å². The van der Waals surface area contributed by atoms with Gasteiger partial charge in [0.25, 0.3) is 0 Å². The molecule has 290 valence electrons. The maximum atomic E-state index is 14.0. The summed E-state index contributed by atoms with van der Waals surface area (Å²) in [6, 6.07) is 22.9. The fourth-order valence-electron chi connectivity index (χ4n) is 10.1. The summed E-state index contributed by atoms with van der Waals surface area (Å²) in [6.45, 7) is 0. The second kappa shape index (κ2) is 12.3. The SMILES string of the molecule is O=C1C(=Cc2cc3cc4c(cc3s2)-c2cc3sc(C=C5C(=O)c6cc7cc(F)c(F)cc7cc6C5=O)cc3cc2C42CCCCC2)C(=O)c2cc3cc(F)c(F)cc3cc21. The van der Waals surface area contributed by atoms with Crippen LogP contribution in [-0.2, 0) is 5.41 Å². The van der Waals surface area contributed by atoms with Crippen LogP contribution < -0.4 is 0 Å². The second-order valence-electron chi connectivity index (χ2n) is 16.3. The maximum absolute atomic E-state index is 14.0. The first kappa shape index (κ1) is 35.6. The molecule has 0 amide bonds. The van der Waals surface area contributed by atoms with Crippen LogP contribution in [-0.4, -0.2) is 23.1 Å². The number of carbonyl (C=O) groups excluding carboxylic acids is 4. The van der Waals surface area contributed by atoms with Crippen molar-refractivity contribution in [3.63, 3.8) is 0 Å². The zero-order valence-electron chi connectivity index (χ0n) is 31.2. The van der Waals surface area contributed by atoms with E-state index in [9.17, 15) is 36.7 Å². The number of rotatable bonds is 2. The average molecular weight is 831 g/mol. The molecule has 0 bridgehead atoms. The molecule has 4 aliphatic carbocycles. The summed E-state index contributed by atoms with van der Waals surface area (Å²) in [6.07, 6.45) is 8.53. The van der Waals surface area contributed by atoms with E-state index in [2.05, 4.69) is 24.3 Å². The Morgan fingerprint density at radius 3 is 1.10 bits per heavy atom. The van der Waals surface area contributed by atoms with Crippen molar-refractivity contribution in [3.05, 3.63) is 162 Å². The number of fused-ring (bicyclic) bond motifs is 11.